The molecule has 0 radical (unpaired) electrons. The summed E-state index contributed by atoms with van der Waals surface area (Å²) in [4.78, 5) is 43.9. The third-order valence-electron chi connectivity index (χ3n) is 5.57. The molecule has 2 aromatic carbocycles. The van der Waals surface area contributed by atoms with Gasteiger partial charge in [-0.05, 0) is 62.7 Å². The number of ether oxygens (including phenoxy) is 3. The second kappa shape index (κ2) is 11.0. The monoisotopic (exact) mass is 517 g/mol. The van der Waals surface area contributed by atoms with E-state index in [1.165, 1.54) is 12.3 Å². The van der Waals surface area contributed by atoms with Crippen molar-refractivity contribution in [1.82, 2.24) is 9.97 Å². The minimum absolute atomic E-state index is 0.0145. The Kier molecular flexibility index (Phi) is 7.61. The molecule has 0 fully saturated rings. The van der Waals surface area contributed by atoms with E-state index in [-0.39, 0.29) is 41.2 Å². The predicted octanol–water partition coefficient (Wildman–Crippen LogP) is 4.71. The summed E-state index contributed by atoms with van der Waals surface area (Å²) < 4.78 is 17.2. The van der Waals surface area contributed by atoms with E-state index in [4.69, 9.17) is 19.9 Å². The smallest absolute Gasteiger partial charge is 0.340 e. The van der Waals surface area contributed by atoms with Crippen LogP contribution in [0.25, 0.3) is 22.0 Å². The molecule has 4 aromatic rings. The van der Waals surface area contributed by atoms with E-state index in [2.05, 4.69) is 9.97 Å². The zero-order chi connectivity index (χ0) is 27.4. The first kappa shape index (κ1) is 26.2. The largest absolute Gasteiger partial charge is 0.491 e. The number of H-pyrrole nitrogens is 1. The van der Waals surface area contributed by atoms with Gasteiger partial charge in [0, 0.05) is 28.4 Å². The van der Waals surface area contributed by atoms with Gasteiger partial charge in [-0.3, -0.25) is 9.59 Å². The number of hydrogen-bond donors (Lipinski definition) is 3. The molecule has 0 spiro atoms. The highest BCUT2D eigenvalue weighted by Gasteiger charge is 2.27. The van der Waals surface area contributed by atoms with E-state index in [9.17, 15) is 19.5 Å². The zero-order valence-corrected chi connectivity index (χ0v) is 21.1. The molecule has 2 heterocycles. The number of pyridine rings is 1. The number of benzene rings is 2. The van der Waals surface area contributed by atoms with Crippen molar-refractivity contribution in [2.24, 2.45) is 5.73 Å². The number of nitrogens with two attached hydrogens (primary N) is 1. The molecule has 4 rings (SSSR count). The molecule has 4 N–H and O–H groups in total. The van der Waals surface area contributed by atoms with Crippen LogP contribution in [0.2, 0.25) is 0 Å². The fourth-order valence-corrected chi connectivity index (χ4v) is 4.14. The Balaban J connectivity index is 2.00. The lowest BCUT2D eigenvalue weighted by atomic mass is 9.96. The van der Waals surface area contributed by atoms with Crippen LogP contribution in [0.5, 0.6) is 17.4 Å². The van der Waals surface area contributed by atoms with Gasteiger partial charge < -0.3 is 30.0 Å². The molecule has 0 unspecified atom stereocenters. The number of carboxylic acids is 1. The van der Waals surface area contributed by atoms with Gasteiger partial charge in [0.1, 0.15) is 17.1 Å². The van der Waals surface area contributed by atoms with Crippen LogP contribution in [0.4, 0.5) is 0 Å². The Bertz CT molecular complexity index is 1510. The standard InChI is InChI=1S/C28H27N3O7/c1-4-36-28(35)25-20(14-22(32)33)31-19-11-12-21(38-27-18(26(29)34)6-5-13-30-27)23(24(19)25)16-7-9-17(10-8-16)37-15(2)3/h5-13,15,31H,4,14H2,1-3H3,(H2,29,34)(H,32,33). The number of aromatic nitrogens is 2. The quantitative estimate of drug-likeness (QED) is 0.256. The number of nitrogens with one attached hydrogen (secondary N) is 1. The summed E-state index contributed by atoms with van der Waals surface area (Å²) in [7, 11) is 0. The number of carboxylic acid groups (broad SMARTS) is 1. The number of fused-ring (bicyclic) bond motifs is 1. The molecule has 0 aliphatic rings. The summed E-state index contributed by atoms with van der Waals surface area (Å²) >= 11 is 0. The zero-order valence-electron chi connectivity index (χ0n) is 21.1. The molecule has 196 valence electrons. The van der Waals surface area contributed by atoms with Crippen molar-refractivity contribution in [2.75, 3.05) is 6.61 Å². The minimum atomic E-state index is -1.12. The lowest BCUT2D eigenvalue weighted by Crippen LogP contribution is -2.13. The molecule has 10 nitrogen and oxygen atoms in total. The van der Waals surface area contributed by atoms with Gasteiger partial charge in [0.2, 0.25) is 5.88 Å². The number of amides is 1. The lowest BCUT2D eigenvalue weighted by Gasteiger charge is -2.16. The highest BCUT2D eigenvalue weighted by Crippen LogP contribution is 2.42. The minimum Gasteiger partial charge on any atom is -0.491 e. The van der Waals surface area contributed by atoms with E-state index in [1.807, 2.05) is 13.8 Å². The molecule has 0 saturated carbocycles. The second-order valence-corrected chi connectivity index (χ2v) is 8.64. The molecule has 0 saturated heterocycles. The Morgan fingerprint density at radius 1 is 1.08 bits per heavy atom. The number of carbonyl (C=O) groups excluding carboxylic acids is 2. The number of primary amides is 1. The molecular formula is C28H27N3O7. The molecule has 0 bridgehead atoms. The van der Waals surface area contributed by atoms with Crippen molar-refractivity contribution in [3.8, 4) is 28.5 Å². The Hall–Kier alpha value is -4.86. The topological polar surface area (TPSA) is 154 Å². The normalized spacial score (nSPS) is 10.9. The third kappa shape index (κ3) is 5.44. The number of carbonyl (C=O) groups is 3. The van der Waals surface area contributed by atoms with Crippen LogP contribution in [-0.4, -0.2) is 45.6 Å². The molecule has 38 heavy (non-hydrogen) atoms. The summed E-state index contributed by atoms with van der Waals surface area (Å²) in [6.45, 7) is 5.60. The van der Waals surface area contributed by atoms with Crippen molar-refractivity contribution < 1.29 is 33.7 Å². The van der Waals surface area contributed by atoms with Crippen LogP contribution in [0.1, 0.15) is 47.2 Å². The van der Waals surface area contributed by atoms with Crippen LogP contribution in [0.3, 0.4) is 0 Å². The van der Waals surface area contributed by atoms with E-state index >= 15 is 0 Å². The van der Waals surface area contributed by atoms with Gasteiger partial charge in [0.15, 0.2) is 0 Å². The van der Waals surface area contributed by atoms with Gasteiger partial charge in [0.25, 0.3) is 5.91 Å². The van der Waals surface area contributed by atoms with Crippen molar-refractivity contribution in [3.63, 3.8) is 0 Å². The molecule has 1 amide bonds. The first-order valence-electron chi connectivity index (χ1n) is 12.0. The van der Waals surface area contributed by atoms with Crippen LogP contribution >= 0.6 is 0 Å². The maximum absolute atomic E-state index is 13.1. The van der Waals surface area contributed by atoms with E-state index in [0.29, 0.717) is 27.8 Å². The fraction of sp³-hybridized carbons (Fsp3) is 0.214. The number of aliphatic carboxylic acids is 1. The van der Waals surface area contributed by atoms with Crippen LogP contribution in [0.15, 0.2) is 54.7 Å². The van der Waals surface area contributed by atoms with Crippen LogP contribution in [-0.2, 0) is 16.0 Å². The van der Waals surface area contributed by atoms with Gasteiger partial charge in [-0.1, -0.05) is 12.1 Å². The van der Waals surface area contributed by atoms with Gasteiger partial charge >= 0.3 is 11.9 Å². The summed E-state index contributed by atoms with van der Waals surface area (Å²) in [5.74, 6) is -1.62. The summed E-state index contributed by atoms with van der Waals surface area (Å²) in [5, 5.41) is 9.89. The number of rotatable bonds is 10. The van der Waals surface area contributed by atoms with Gasteiger partial charge in [0.05, 0.1) is 24.7 Å². The van der Waals surface area contributed by atoms with Crippen molar-refractivity contribution in [3.05, 3.63) is 71.5 Å². The van der Waals surface area contributed by atoms with Crippen LogP contribution in [0, 0.1) is 0 Å². The van der Waals surface area contributed by atoms with E-state index in [0.717, 1.165) is 0 Å². The summed E-state index contributed by atoms with van der Waals surface area (Å²) in [6.07, 6.45) is 1.01. The highest BCUT2D eigenvalue weighted by atomic mass is 16.5. The Morgan fingerprint density at radius 3 is 2.45 bits per heavy atom. The predicted molar refractivity (Wildman–Crippen MR) is 140 cm³/mol. The molecule has 0 atom stereocenters. The van der Waals surface area contributed by atoms with Gasteiger partial charge in [-0.2, -0.15) is 0 Å². The van der Waals surface area contributed by atoms with Gasteiger partial charge in [-0.15, -0.1) is 0 Å². The Morgan fingerprint density at radius 2 is 1.82 bits per heavy atom. The maximum atomic E-state index is 13.1. The van der Waals surface area contributed by atoms with E-state index < -0.39 is 24.3 Å². The highest BCUT2D eigenvalue weighted by molar-refractivity contribution is 6.13. The summed E-state index contributed by atoms with van der Waals surface area (Å²) in [6, 6.07) is 13.5. The average Bonchev–Trinajstić information content (AvgIpc) is 3.22. The average molecular weight is 518 g/mol. The first-order chi connectivity index (χ1) is 18.2. The molecule has 0 aliphatic heterocycles. The maximum Gasteiger partial charge on any atom is 0.340 e. The number of hydrogen-bond acceptors (Lipinski definition) is 7. The lowest BCUT2D eigenvalue weighted by molar-refractivity contribution is -0.136. The third-order valence-corrected chi connectivity index (χ3v) is 5.57. The number of nitrogens with zero attached hydrogens (tertiary/aromatic N) is 1. The van der Waals surface area contributed by atoms with Gasteiger partial charge in [-0.25, -0.2) is 9.78 Å². The second-order valence-electron chi connectivity index (χ2n) is 8.64. The Labute approximate surface area is 218 Å². The molecule has 2 aromatic heterocycles. The molecule has 0 aliphatic carbocycles. The summed E-state index contributed by atoms with van der Waals surface area (Å²) in [5.41, 5.74) is 7.49. The number of esters is 1. The first-order valence-corrected chi connectivity index (χ1v) is 12.0. The number of aromatic amines is 1. The van der Waals surface area contributed by atoms with Crippen LogP contribution < -0.4 is 15.2 Å². The van der Waals surface area contributed by atoms with Crippen molar-refractivity contribution in [1.29, 1.82) is 0 Å². The van der Waals surface area contributed by atoms with E-state index in [1.54, 1.807) is 49.4 Å². The fourth-order valence-electron chi connectivity index (χ4n) is 4.14. The van der Waals surface area contributed by atoms with Crippen molar-refractivity contribution in [2.45, 2.75) is 33.3 Å². The molecular weight excluding hydrogens is 490 g/mol. The molecule has 10 heteroatoms. The SMILES string of the molecule is CCOC(=O)c1c(CC(=O)O)[nH]c2ccc(Oc3ncccc3C(N)=O)c(-c3ccc(OC(C)C)cc3)c12. The van der Waals surface area contributed by atoms with Crippen molar-refractivity contribution >= 4 is 28.7 Å².